The van der Waals surface area contributed by atoms with Gasteiger partial charge in [0, 0.05) is 24.8 Å². The first-order chi connectivity index (χ1) is 9.38. The highest BCUT2D eigenvalue weighted by Crippen LogP contribution is 2.14. The highest BCUT2D eigenvalue weighted by Gasteiger charge is 2.16. The summed E-state index contributed by atoms with van der Waals surface area (Å²) in [7, 11) is 0. The van der Waals surface area contributed by atoms with E-state index < -0.39 is 0 Å². The van der Waals surface area contributed by atoms with Crippen molar-refractivity contribution in [3.05, 3.63) is 24.3 Å². The van der Waals surface area contributed by atoms with Crippen molar-refractivity contribution in [3.8, 4) is 5.75 Å². The summed E-state index contributed by atoms with van der Waals surface area (Å²) in [5, 5.41) is 0. The fourth-order valence-electron chi connectivity index (χ4n) is 2.00. The number of nitrogens with zero attached hydrogens (tertiary/aromatic N) is 1. The van der Waals surface area contributed by atoms with Gasteiger partial charge in [-0.15, -0.1) is 0 Å². The molecule has 0 aliphatic rings. The summed E-state index contributed by atoms with van der Waals surface area (Å²) in [6.45, 7) is 10.0. The molecule has 0 unspecified atom stereocenters. The van der Waals surface area contributed by atoms with Crippen LogP contribution < -0.4 is 10.5 Å². The van der Waals surface area contributed by atoms with Gasteiger partial charge < -0.3 is 15.4 Å². The lowest BCUT2D eigenvalue weighted by Crippen LogP contribution is -2.39. The number of anilines is 1. The van der Waals surface area contributed by atoms with Gasteiger partial charge >= 0.3 is 0 Å². The summed E-state index contributed by atoms with van der Waals surface area (Å²) in [6, 6.07) is 7.13. The van der Waals surface area contributed by atoms with E-state index in [1.54, 1.807) is 18.2 Å². The Balaban J connectivity index is 2.57. The number of hydrogen-bond donors (Lipinski definition) is 1. The largest absolute Gasteiger partial charge is 0.484 e. The Labute approximate surface area is 121 Å². The van der Waals surface area contributed by atoms with Crippen LogP contribution in [0.1, 0.15) is 27.7 Å². The van der Waals surface area contributed by atoms with Gasteiger partial charge in [-0.25, -0.2) is 0 Å². The molecule has 0 aliphatic carbocycles. The molecule has 0 heterocycles. The molecule has 2 N–H and O–H groups in total. The van der Waals surface area contributed by atoms with Gasteiger partial charge in [-0.3, -0.25) is 4.79 Å². The molecule has 1 aromatic carbocycles. The molecule has 20 heavy (non-hydrogen) atoms. The van der Waals surface area contributed by atoms with Crippen LogP contribution in [0.25, 0.3) is 0 Å². The van der Waals surface area contributed by atoms with Gasteiger partial charge in [0.05, 0.1) is 0 Å². The lowest BCUT2D eigenvalue weighted by molar-refractivity contribution is -0.134. The highest BCUT2D eigenvalue weighted by molar-refractivity contribution is 5.77. The van der Waals surface area contributed by atoms with E-state index in [-0.39, 0.29) is 12.5 Å². The summed E-state index contributed by atoms with van der Waals surface area (Å²) < 4.78 is 5.52. The van der Waals surface area contributed by atoms with Crippen molar-refractivity contribution in [1.29, 1.82) is 0 Å². The standard InChI is InChI=1S/C16H26N2O2/c1-12(2)9-18(10-13(3)4)16(19)11-20-15-7-5-6-14(17)8-15/h5-8,12-13H,9-11,17H2,1-4H3. The molecule has 0 aromatic heterocycles. The van der Waals surface area contributed by atoms with Crippen molar-refractivity contribution in [3.63, 3.8) is 0 Å². The number of nitrogens with two attached hydrogens (primary N) is 1. The minimum absolute atomic E-state index is 0.0230. The zero-order valence-corrected chi connectivity index (χ0v) is 12.9. The van der Waals surface area contributed by atoms with Crippen LogP contribution in [0, 0.1) is 11.8 Å². The van der Waals surface area contributed by atoms with E-state index >= 15 is 0 Å². The van der Waals surface area contributed by atoms with E-state index in [2.05, 4.69) is 27.7 Å². The van der Waals surface area contributed by atoms with Crippen LogP contribution in [0.4, 0.5) is 5.69 Å². The zero-order chi connectivity index (χ0) is 15.1. The van der Waals surface area contributed by atoms with Crippen molar-refractivity contribution in [2.24, 2.45) is 11.8 Å². The van der Waals surface area contributed by atoms with Crippen molar-refractivity contribution in [2.45, 2.75) is 27.7 Å². The Bertz CT molecular complexity index is 420. The summed E-state index contributed by atoms with van der Waals surface area (Å²) in [5.74, 6) is 1.55. The fourth-order valence-corrected chi connectivity index (χ4v) is 2.00. The molecular weight excluding hydrogens is 252 g/mol. The minimum atomic E-state index is 0.0230. The predicted molar refractivity (Wildman–Crippen MR) is 82.6 cm³/mol. The average molecular weight is 278 g/mol. The van der Waals surface area contributed by atoms with Crippen LogP contribution in [0.15, 0.2) is 24.3 Å². The quantitative estimate of drug-likeness (QED) is 0.780. The van der Waals surface area contributed by atoms with E-state index in [9.17, 15) is 4.79 Å². The van der Waals surface area contributed by atoms with E-state index in [1.807, 2.05) is 11.0 Å². The van der Waals surface area contributed by atoms with Gasteiger partial charge in [0.15, 0.2) is 6.61 Å². The fraction of sp³-hybridized carbons (Fsp3) is 0.562. The maximum absolute atomic E-state index is 12.2. The smallest absolute Gasteiger partial charge is 0.260 e. The number of carbonyl (C=O) groups is 1. The van der Waals surface area contributed by atoms with E-state index in [0.29, 0.717) is 23.3 Å². The number of amides is 1. The number of ether oxygens (including phenoxy) is 1. The summed E-state index contributed by atoms with van der Waals surface area (Å²) in [5.41, 5.74) is 6.32. The molecule has 1 rings (SSSR count). The molecule has 0 atom stereocenters. The molecular formula is C16H26N2O2. The van der Waals surface area contributed by atoms with Gasteiger partial charge in [0.1, 0.15) is 5.75 Å². The molecule has 0 bridgehead atoms. The number of hydrogen-bond acceptors (Lipinski definition) is 3. The van der Waals surface area contributed by atoms with Crippen LogP contribution in [0.5, 0.6) is 5.75 Å². The second-order valence-electron chi connectivity index (χ2n) is 5.95. The molecule has 4 heteroatoms. The van der Waals surface area contributed by atoms with Gasteiger partial charge in [-0.1, -0.05) is 33.8 Å². The molecule has 112 valence electrons. The van der Waals surface area contributed by atoms with Crippen molar-refractivity contribution in [2.75, 3.05) is 25.4 Å². The summed E-state index contributed by atoms with van der Waals surface area (Å²) in [6.07, 6.45) is 0. The Morgan fingerprint density at radius 1 is 1.20 bits per heavy atom. The zero-order valence-electron chi connectivity index (χ0n) is 12.9. The molecule has 0 aliphatic heterocycles. The maximum Gasteiger partial charge on any atom is 0.260 e. The lowest BCUT2D eigenvalue weighted by atomic mass is 10.1. The third-order valence-electron chi connectivity index (χ3n) is 2.74. The lowest BCUT2D eigenvalue weighted by Gasteiger charge is -2.26. The van der Waals surface area contributed by atoms with Crippen molar-refractivity contribution >= 4 is 11.6 Å². The Kier molecular flexibility index (Phi) is 6.36. The molecule has 0 spiro atoms. The summed E-state index contributed by atoms with van der Waals surface area (Å²) >= 11 is 0. The third kappa shape index (κ3) is 5.95. The molecule has 0 fully saturated rings. The minimum Gasteiger partial charge on any atom is -0.484 e. The molecule has 1 aromatic rings. The van der Waals surface area contributed by atoms with Gasteiger partial charge in [0.25, 0.3) is 5.91 Å². The number of benzene rings is 1. The molecule has 0 saturated heterocycles. The number of nitrogen functional groups attached to an aromatic ring is 1. The Morgan fingerprint density at radius 3 is 2.30 bits per heavy atom. The Morgan fingerprint density at radius 2 is 1.80 bits per heavy atom. The topological polar surface area (TPSA) is 55.6 Å². The van der Waals surface area contributed by atoms with E-state index in [4.69, 9.17) is 10.5 Å². The highest BCUT2D eigenvalue weighted by atomic mass is 16.5. The van der Waals surface area contributed by atoms with E-state index in [0.717, 1.165) is 13.1 Å². The first-order valence-electron chi connectivity index (χ1n) is 7.14. The second-order valence-corrected chi connectivity index (χ2v) is 5.95. The van der Waals surface area contributed by atoms with Crippen molar-refractivity contribution < 1.29 is 9.53 Å². The number of rotatable bonds is 7. The van der Waals surface area contributed by atoms with Crippen LogP contribution in [0.3, 0.4) is 0 Å². The Hall–Kier alpha value is -1.71. The predicted octanol–water partition coefficient (Wildman–Crippen LogP) is 2.79. The first-order valence-corrected chi connectivity index (χ1v) is 7.14. The van der Waals surface area contributed by atoms with Crippen LogP contribution in [-0.2, 0) is 4.79 Å². The molecule has 1 amide bonds. The van der Waals surface area contributed by atoms with Crippen LogP contribution in [-0.4, -0.2) is 30.5 Å². The normalized spacial score (nSPS) is 10.9. The summed E-state index contributed by atoms with van der Waals surface area (Å²) in [4.78, 5) is 14.1. The maximum atomic E-state index is 12.2. The van der Waals surface area contributed by atoms with Gasteiger partial charge in [-0.05, 0) is 24.0 Å². The monoisotopic (exact) mass is 278 g/mol. The van der Waals surface area contributed by atoms with Crippen LogP contribution in [0.2, 0.25) is 0 Å². The van der Waals surface area contributed by atoms with Crippen LogP contribution >= 0.6 is 0 Å². The molecule has 0 radical (unpaired) electrons. The molecule has 0 saturated carbocycles. The average Bonchev–Trinajstić information content (AvgIpc) is 2.34. The number of carbonyl (C=O) groups excluding carboxylic acids is 1. The third-order valence-corrected chi connectivity index (χ3v) is 2.74. The van der Waals surface area contributed by atoms with E-state index in [1.165, 1.54) is 0 Å². The first kappa shape index (κ1) is 16.3. The van der Waals surface area contributed by atoms with Gasteiger partial charge in [0.2, 0.25) is 0 Å². The second kappa shape index (κ2) is 7.78. The molecule has 4 nitrogen and oxygen atoms in total. The van der Waals surface area contributed by atoms with Crippen molar-refractivity contribution in [1.82, 2.24) is 4.90 Å². The SMILES string of the molecule is CC(C)CN(CC(C)C)C(=O)COc1cccc(N)c1. The van der Waals surface area contributed by atoms with Gasteiger partial charge in [-0.2, -0.15) is 0 Å².